The van der Waals surface area contributed by atoms with E-state index in [1.807, 2.05) is 53.4 Å². The van der Waals surface area contributed by atoms with Crippen molar-refractivity contribution in [3.05, 3.63) is 72.1 Å². The predicted octanol–water partition coefficient (Wildman–Crippen LogP) is 6.79. The van der Waals surface area contributed by atoms with Gasteiger partial charge in [-0.1, -0.05) is 36.4 Å². The molecule has 5 aliphatic rings. The molecule has 5 saturated heterocycles. The van der Waals surface area contributed by atoms with Gasteiger partial charge in [-0.3, -0.25) is 14.6 Å². The summed E-state index contributed by atoms with van der Waals surface area (Å²) in [4.78, 5) is 53.0. The first-order chi connectivity index (χ1) is 34.6. The van der Waals surface area contributed by atoms with Gasteiger partial charge in [0.05, 0.1) is 13.2 Å². The number of aromatic amines is 2. The van der Waals surface area contributed by atoms with Gasteiger partial charge in [-0.25, -0.2) is 9.59 Å². The van der Waals surface area contributed by atoms with E-state index in [0.29, 0.717) is 43.4 Å². The van der Waals surface area contributed by atoms with Crippen LogP contribution < -0.4 is 18.9 Å². The Morgan fingerprint density at radius 2 is 1.07 bits per heavy atom. The summed E-state index contributed by atoms with van der Waals surface area (Å²) in [5.74, 6) is 1.93. The Kier molecular flexibility index (Phi) is 24.3. The van der Waals surface area contributed by atoms with Gasteiger partial charge in [-0.2, -0.15) is 0 Å². The molecule has 14 nitrogen and oxygen atoms in total. The number of likely N-dealkylation sites (tertiary alicyclic amines) is 4. The van der Waals surface area contributed by atoms with Crippen molar-refractivity contribution in [2.75, 3.05) is 78.8 Å². The maximum Gasteiger partial charge on any atom is 1.00 e. The number of ether oxygens (including phenoxy) is 4. The zero-order chi connectivity index (χ0) is 51.3. The molecule has 0 bridgehead atoms. The number of nitrogens with one attached hydrogen (secondary N) is 2. The summed E-state index contributed by atoms with van der Waals surface area (Å²) in [5.41, 5.74) is 4.30. The Balaban J connectivity index is 0.000000286. The Hall–Kier alpha value is -3.50. The molecule has 4 aromatic rings. The number of H-pyrrole nitrogens is 2. The third kappa shape index (κ3) is 17.8. The van der Waals surface area contributed by atoms with Crippen molar-refractivity contribution in [2.45, 2.75) is 161 Å². The third-order valence-corrected chi connectivity index (χ3v) is 15.4. The summed E-state index contributed by atoms with van der Waals surface area (Å²) in [5, 5.41) is 12.8. The average molecular weight is 1040 g/mol. The molecule has 0 radical (unpaired) electrons. The number of piperidine rings is 4. The van der Waals surface area contributed by atoms with Crippen LogP contribution in [0, 0.1) is 11.8 Å². The van der Waals surface area contributed by atoms with Gasteiger partial charge in [0.2, 0.25) is 0 Å². The van der Waals surface area contributed by atoms with E-state index in [1.54, 1.807) is 4.90 Å². The molecule has 2 amide bonds. The molecule has 0 aliphatic carbocycles. The zero-order valence-corrected chi connectivity index (χ0v) is 45.8. The van der Waals surface area contributed by atoms with Gasteiger partial charge < -0.3 is 45.2 Å². The molecule has 0 saturated carbocycles. The molecule has 3 N–H and O–H groups in total. The zero-order valence-electron chi connectivity index (χ0n) is 46.8. The minimum Gasteiger partial charge on any atom is -1.00 e. The fourth-order valence-corrected chi connectivity index (χ4v) is 11.5. The number of para-hydroxylation sites is 2. The Morgan fingerprint density at radius 1 is 0.649 bits per heavy atom. The number of amides is 2. The van der Waals surface area contributed by atoms with Crippen LogP contribution in [0.15, 0.2) is 60.9 Å². The van der Waals surface area contributed by atoms with Crippen LogP contribution >= 0.6 is 0 Å². The minimum absolute atomic E-state index is 0. The number of nitrogens with zero attached hydrogens (tertiary/aromatic N) is 4. The van der Waals surface area contributed by atoms with Crippen molar-refractivity contribution < 1.29 is 58.7 Å². The second-order valence-electron chi connectivity index (χ2n) is 22.9. The Labute approximate surface area is 466 Å². The van der Waals surface area contributed by atoms with Crippen LogP contribution in [0.5, 0.6) is 0 Å². The summed E-state index contributed by atoms with van der Waals surface area (Å²) in [7, 11) is 0. The molecule has 74 heavy (non-hydrogen) atoms. The molecule has 5 fully saturated rings. The topological polar surface area (TPSA) is 153 Å². The van der Waals surface area contributed by atoms with Crippen LogP contribution in [0.4, 0.5) is 9.59 Å². The molecule has 2 atom stereocenters. The van der Waals surface area contributed by atoms with Crippen molar-refractivity contribution >= 4 is 57.3 Å². The fraction of sp³-hybridized carbons (Fsp3) is 0.672. The minimum atomic E-state index is -0.484. The van der Waals surface area contributed by atoms with Gasteiger partial charge in [-0.05, 0) is 199 Å². The number of carbonyl (C=O) groups excluding carboxylic acids is 3. The normalized spacial score (nSPS) is 19.8. The largest absolute Gasteiger partial charge is 1.00 e. The standard InChI is InChI=1S/C28H41N3O4.C26H39N3O3.C4H8O.Al.Li.4H/c1-5-34-26(32)25(18-20-10-14-31(15-11-20)27(33)35-28(2,3)4)30-16-12-21(13-17-30)23-19-29-24-9-7-6-8-22(23)24;1-26(2,3)32-25(31)29-12-8-19(9-13-29)16-21(18-30)28-14-10-20(11-15-28)23-17-27-24-7-5-4-6-22(23)24;1-2-4-5-3-1;;;;;;/h6-9,19-21,25,29H,5,10-18H2,1-4H3;4-7,17,19-21,27,30H,8-16,18H2,1-3H3;1-4H2;;;;;;/q;;;;+1;;;;-1. The smallest absolute Gasteiger partial charge is 1.00 e. The quantitative estimate of drug-likeness (QED) is 0.0833. The molecule has 16 heteroatoms. The summed E-state index contributed by atoms with van der Waals surface area (Å²) in [6.45, 7) is 22.6. The van der Waals surface area contributed by atoms with E-state index in [9.17, 15) is 19.5 Å². The van der Waals surface area contributed by atoms with Crippen molar-refractivity contribution in [3.63, 3.8) is 0 Å². The van der Waals surface area contributed by atoms with Gasteiger partial charge in [-0.15, -0.1) is 0 Å². The number of rotatable bonds is 11. The van der Waals surface area contributed by atoms with E-state index >= 15 is 0 Å². The average Bonchev–Trinajstić information content (AvgIpc) is 4.18. The molecule has 2 unspecified atom stereocenters. The first-order valence-electron chi connectivity index (χ1n) is 27.5. The molecule has 406 valence electrons. The van der Waals surface area contributed by atoms with Gasteiger partial charge in [0.15, 0.2) is 17.4 Å². The van der Waals surface area contributed by atoms with E-state index in [2.05, 4.69) is 80.7 Å². The number of carbonyl (C=O) groups is 3. The molecular formula is C58H92AlLiN6O8. The number of aromatic nitrogens is 2. The van der Waals surface area contributed by atoms with Crippen molar-refractivity contribution in [1.82, 2.24) is 29.6 Å². The predicted molar refractivity (Wildman–Crippen MR) is 296 cm³/mol. The fourth-order valence-electron chi connectivity index (χ4n) is 11.5. The number of aliphatic hydroxyl groups excluding tert-OH is 1. The molecule has 5 aliphatic heterocycles. The molecule has 7 heterocycles. The summed E-state index contributed by atoms with van der Waals surface area (Å²) >= 11 is 0. The van der Waals surface area contributed by atoms with E-state index in [0.717, 1.165) is 117 Å². The number of fused-ring (bicyclic) bond motifs is 2. The molecular weight excluding hydrogens is 943 g/mol. The van der Waals surface area contributed by atoms with Crippen LogP contribution in [-0.2, 0) is 23.7 Å². The van der Waals surface area contributed by atoms with Crippen molar-refractivity contribution in [2.24, 2.45) is 11.8 Å². The Bertz CT molecular complexity index is 2290. The van der Waals surface area contributed by atoms with Crippen molar-refractivity contribution in [3.8, 4) is 0 Å². The second-order valence-corrected chi connectivity index (χ2v) is 22.9. The number of esters is 1. The van der Waals surface area contributed by atoms with Gasteiger partial charge in [0.1, 0.15) is 17.2 Å². The van der Waals surface area contributed by atoms with Crippen LogP contribution in [0.3, 0.4) is 0 Å². The number of hydrogen-bond donors (Lipinski definition) is 3. The maximum absolute atomic E-state index is 13.0. The summed E-state index contributed by atoms with van der Waals surface area (Å²) in [6.07, 6.45) is 16.4. The SMILES string of the molecule is C1CCOC1.CC(C)(C)OC(=O)N1CCC(CC(CO)N2CCC(c3c[nH]c4ccccc34)CC2)CC1.CCOC(=O)C(CC1CCN(C(=O)OC(C)(C)C)CC1)N1CCC(c2c[nH]c3ccccc23)CC1.[AlH3].[H-].[Li+]. The van der Waals surface area contributed by atoms with E-state index in [4.69, 9.17) is 18.9 Å². The monoisotopic (exact) mass is 1030 g/mol. The maximum atomic E-state index is 13.0. The first kappa shape index (κ1) is 61.4. The number of hydrogen-bond acceptors (Lipinski definition) is 10. The molecule has 2 aromatic carbocycles. The van der Waals surface area contributed by atoms with E-state index < -0.39 is 11.2 Å². The van der Waals surface area contributed by atoms with Crippen LogP contribution in [0.2, 0.25) is 0 Å². The van der Waals surface area contributed by atoms with Gasteiger partial charge >= 0.3 is 37.0 Å². The Morgan fingerprint density at radius 3 is 1.46 bits per heavy atom. The van der Waals surface area contributed by atoms with E-state index in [-0.39, 0.29) is 74.5 Å². The second kappa shape index (κ2) is 29.3. The summed E-state index contributed by atoms with van der Waals surface area (Å²) in [6, 6.07) is 17.0. The number of aliphatic hydroxyl groups is 1. The summed E-state index contributed by atoms with van der Waals surface area (Å²) < 4.78 is 21.5. The van der Waals surface area contributed by atoms with Gasteiger partial charge in [0, 0.05) is 79.6 Å². The molecule has 2 aromatic heterocycles. The van der Waals surface area contributed by atoms with Gasteiger partial charge in [0.25, 0.3) is 0 Å². The van der Waals surface area contributed by atoms with Crippen molar-refractivity contribution in [1.29, 1.82) is 0 Å². The number of benzene rings is 2. The van der Waals surface area contributed by atoms with Crippen LogP contribution in [0.1, 0.15) is 150 Å². The van der Waals surface area contributed by atoms with Crippen LogP contribution in [-0.4, -0.2) is 172 Å². The third-order valence-electron chi connectivity index (χ3n) is 15.4. The molecule has 9 rings (SSSR count). The first-order valence-corrected chi connectivity index (χ1v) is 27.5. The van der Waals surface area contributed by atoms with Crippen LogP contribution in [0.25, 0.3) is 21.8 Å². The molecule has 0 spiro atoms. The van der Waals surface area contributed by atoms with E-state index in [1.165, 1.54) is 45.8 Å².